The molecule has 0 aliphatic carbocycles. The van der Waals surface area contributed by atoms with Crippen molar-refractivity contribution < 1.29 is 4.74 Å². The van der Waals surface area contributed by atoms with Crippen molar-refractivity contribution >= 4 is 5.69 Å². The molecule has 1 heterocycles. The summed E-state index contributed by atoms with van der Waals surface area (Å²) < 4.78 is 5.38. The molecular formula is C15H23NO. The average molecular weight is 233 g/mol. The molecule has 17 heavy (non-hydrogen) atoms. The topological polar surface area (TPSA) is 12.5 Å². The molecule has 0 radical (unpaired) electrons. The van der Waals surface area contributed by atoms with E-state index >= 15 is 0 Å². The van der Waals surface area contributed by atoms with Crippen LogP contribution in [0.15, 0.2) is 24.3 Å². The standard InChI is InChI=1S/C15H23NO/c1-3-13(4-2)14-5-7-15(8-6-14)16-9-11-17-12-10-16/h5-8,13H,3-4,9-12H2,1-2H3. The van der Waals surface area contributed by atoms with Gasteiger partial charge in [-0.15, -0.1) is 0 Å². The Morgan fingerprint density at radius 3 is 2.18 bits per heavy atom. The second kappa shape index (κ2) is 6.06. The van der Waals surface area contributed by atoms with Crippen LogP contribution in [0.4, 0.5) is 5.69 Å². The highest BCUT2D eigenvalue weighted by Crippen LogP contribution is 2.25. The fourth-order valence-electron chi connectivity index (χ4n) is 2.54. The van der Waals surface area contributed by atoms with Crippen LogP contribution in [0.3, 0.4) is 0 Å². The normalized spacial score (nSPS) is 16.5. The van der Waals surface area contributed by atoms with Crippen molar-refractivity contribution in [2.75, 3.05) is 31.2 Å². The Kier molecular flexibility index (Phi) is 4.43. The molecule has 0 aromatic heterocycles. The Morgan fingerprint density at radius 2 is 1.65 bits per heavy atom. The van der Waals surface area contributed by atoms with E-state index in [-0.39, 0.29) is 0 Å². The predicted octanol–water partition coefficient (Wildman–Crippen LogP) is 3.43. The Morgan fingerprint density at radius 1 is 1.06 bits per heavy atom. The van der Waals surface area contributed by atoms with Crippen molar-refractivity contribution in [2.45, 2.75) is 32.6 Å². The van der Waals surface area contributed by atoms with Crippen molar-refractivity contribution in [1.29, 1.82) is 0 Å². The molecule has 2 nitrogen and oxygen atoms in total. The summed E-state index contributed by atoms with van der Waals surface area (Å²) in [5.74, 6) is 0.716. The SMILES string of the molecule is CCC(CC)c1ccc(N2CCOCC2)cc1. The molecule has 2 heteroatoms. The summed E-state index contributed by atoms with van der Waals surface area (Å²) in [6.07, 6.45) is 2.46. The molecule has 94 valence electrons. The first-order valence-electron chi connectivity index (χ1n) is 6.77. The summed E-state index contributed by atoms with van der Waals surface area (Å²) in [6.45, 7) is 8.28. The van der Waals surface area contributed by atoms with Crippen molar-refractivity contribution in [3.8, 4) is 0 Å². The van der Waals surface area contributed by atoms with Gasteiger partial charge in [-0.3, -0.25) is 0 Å². The van der Waals surface area contributed by atoms with Crippen molar-refractivity contribution in [2.24, 2.45) is 0 Å². The maximum absolute atomic E-state index is 5.38. The molecule has 0 atom stereocenters. The first kappa shape index (κ1) is 12.4. The Labute approximate surface area is 105 Å². The van der Waals surface area contributed by atoms with E-state index in [9.17, 15) is 0 Å². The quantitative estimate of drug-likeness (QED) is 0.790. The lowest BCUT2D eigenvalue weighted by molar-refractivity contribution is 0.122. The van der Waals surface area contributed by atoms with E-state index in [0.29, 0.717) is 5.92 Å². The van der Waals surface area contributed by atoms with E-state index in [1.54, 1.807) is 0 Å². The molecule has 1 fully saturated rings. The first-order chi connectivity index (χ1) is 8.35. The number of nitrogens with zero attached hydrogens (tertiary/aromatic N) is 1. The van der Waals surface area contributed by atoms with E-state index < -0.39 is 0 Å². The highest BCUT2D eigenvalue weighted by molar-refractivity contribution is 5.48. The minimum absolute atomic E-state index is 0.716. The van der Waals surface area contributed by atoms with Crippen LogP contribution in [0.5, 0.6) is 0 Å². The van der Waals surface area contributed by atoms with Gasteiger partial charge in [-0.1, -0.05) is 26.0 Å². The zero-order chi connectivity index (χ0) is 12.1. The molecular weight excluding hydrogens is 210 g/mol. The first-order valence-corrected chi connectivity index (χ1v) is 6.77. The molecule has 0 spiro atoms. The number of morpholine rings is 1. The largest absolute Gasteiger partial charge is 0.378 e. The number of anilines is 1. The third-order valence-corrected chi connectivity index (χ3v) is 3.73. The molecule has 0 amide bonds. The minimum atomic E-state index is 0.716. The molecule has 2 rings (SSSR count). The maximum Gasteiger partial charge on any atom is 0.0642 e. The lowest BCUT2D eigenvalue weighted by Gasteiger charge is -2.29. The summed E-state index contributed by atoms with van der Waals surface area (Å²) in [5.41, 5.74) is 2.81. The van der Waals surface area contributed by atoms with Gasteiger partial charge in [0.05, 0.1) is 13.2 Å². The number of hydrogen-bond acceptors (Lipinski definition) is 2. The summed E-state index contributed by atoms with van der Waals surface area (Å²) in [6, 6.07) is 9.11. The zero-order valence-corrected chi connectivity index (χ0v) is 11.0. The van der Waals surface area contributed by atoms with Crippen LogP contribution < -0.4 is 4.90 Å². The Balaban J connectivity index is 2.06. The number of benzene rings is 1. The van der Waals surface area contributed by atoms with E-state index in [1.807, 2.05) is 0 Å². The van der Waals surface area contributed by atoms with Gasteiger partial charge in [0, 0.05) is 18.8 Å². The Bertz CT molecular complexity index is 323. The van der Waals surface area contributed by atoms with Crippen LogP contribution >= 0.6 is 0 Å². The molecule has 1 saturated heterocycles. The van der Waals surface area contributed by atoms with Gasteiger partial charge < -0.3 is 9.64 Å². The third kappa shape index (κ3) is 3.01. The van der Waals surface area contributed by atoms with Crippen LogP contribution in [-0.2, 0) is 4.74 Å². The summed E-state index contributed by atoms with van der Waals surface area (Å²) >= 11 is 0. The van der Waals surface area contributed by atoms with Gasteiger partial charge in [-0.2, -0.15) is 0 Å². The van der Waals surface area contributed by atoms with Crippen LogP contribution in [0, 0.1) is 0 Å². The predicted molar refractivity (Wildman–Crippen MR) is 72.8 cm³/mol. The fourth-order valence-corrected chi connectivity index (χ4v) is 2.54. The van der Waals surface area contributed by atoms with E-state index in [0.717, 1.165) is 26.3 Å². The van der Waals surface area contributed by atoms with Gasteiger partial charge in [0.15, 0.2) is 0 Å². The monoisotopic (exact) mass is 233 g/mol. The average Bonchev–Trinajstić information content (AvgIpc) is 2.42. The van der Waals surface area contributed by atoms with Crippen LogP contribution in [0.2, 0.25) is 0 Å². The summed E-state index contributed by atoms with van der Waals surface area (Å²) in [7, 11) is 0. The van der Waals surface area contributed by atoms with Gasteiger partial charge in [0.2, 0.25) is 0 Å². The fraction of sp³-hybridized carbons (Fsp3) is 0.600. The molecule has 0 unspecified atom stereocenters. The molecule has 0 saturated carbocycles. The van der Waals surface area contributed by atoms with Crippen LogP contribution in [0.1, 0.15) is 38.2 Å². The van der Waals surface area contributed by atoms with E-state index in [2.05, 4.69) is 43.0 Å². The van der Waals surface area contributed by atoms with Crippen LogP contribution in [-0.4, -0.2) is 26.3 Å². The smallest absolute Gasteiger partial charge is 0.0642 e. The minimum Gasteiger partial charge on any atom is -0.378 e. The lowest BCUT2D eigenvalue weighted by atomic mass is 9.94. The molecule has 1 aliphatic rings. The lowest BCUT2D eigenvalue weighted by Crippen LogP contribution is -2.36. The Hall–Kier alpha value is -1.02. The van der Waals surface area contributed by atoms with Gasteiger partial charge >= 0.3 is 0 Å². The van der Waals surface area contributed by atoms with E-state index in [1.165, 1.54) is 24.1 Å². The van der Waals surface area contributed by atoms with Crippen LogP contribution in [0.25, 0.3) is 0 Å². The van der Waals surface area contributed by atoms with E-state index in [4.69, 9.17) is 4.74 Å². The van der Waals surface area contributed by atoms with Crippen molar-refractivity contribution in [3.05, 3.63) is 29.8 Å². The van der Waals surface area contributed by atoms with Gasteiger partial charge in [0.1, 0.15) is 0 Å². The zero-order valence-electron chi connectivity index (χ0n) is 11.0. The summed E-state index contributed by atoms with van der Waals surface area (Å²) in [4.78, 5) is 2.40. The molecule has 1 aliphatic heterocycles. The molecule has 1 aromatic rings. The highest BCUT2D eigenvalue weighted by Gasteiger charge is 2.12. The number of ether oxygens (including phenoxy) is 1. The summed E-state index contributed by atoms with van der Waals surface area (Å²) in [5, 5.41) is 0. The van der Waals surface area contributed by atoms with Crippen molar-refractivity contribution in [3.63, 3.8) is 0 Å². The number of rotatable bonds is 4. The van der Waals surface area contributed by atoms with Crippen molar-refractivity contribution in [1.82, 2.24) is 0 Å². The second-order valence-electron chi connectivity index (χ2n) is 4.70. The highest BCUT2D eigenvalue weighted by atomic mass is 16.5. The van der Waals surface area contributed by atoms with Gasteiger partial charge in [-0.05, 0) is 36.5 Å². The number of hydrogen-bond donors (Lipinski definition) is 0. The molecule has 0 N–H and O–H groups in total. The molecule has 0 bridgehead atoms. The molecule has 1 aromatic carbocycles. The van der Waals surface area contributed by atoms with Gasteiger partial charge in [-0.25, -0.2) is 0 Å². The second-order valence-corrected chi connectivity index (χ2v) is 4.70. The van der Waals surface area contributed by atoms with Gasteiger partial charge in [0.25, 0.3) is 0 Å². The third-order valence-electron chi connectivity index (χ3n) is 3.73. The maximum atomic E-state index is 5.38.